The Labute approximate surface area is 99.6 Å². The largest absolute Gasteiger partial charge is 0.355 e. The molecule has 0 aromatic carbocycles. The molecule has 0 saturated carbocycles. The second-order valence-electron chi connectivity index (χ2n) is 4.42. The minimum atomic E-state index is -0.111. The predicted molar refractivity (Wildman–Crippen MR) is 68.3 cm³/mol. The van der Waals surface area contributed by atoms with E-state index in [1.54, 1.807) is 0 Å². The number of carbonyl (C=O) groups is 1. The van der Waals surface area contributed by atoms with Crippen molar-refractivity contribution in [1.82, 2.24) is 10.2 Å². The number of nitrogens with two attached hydrogens (primary N) is 1. The zero-order valence-corrected chi connectivity index (χ0v) is 11.1. The Hall–Kier alpha value is -0.610. The van der Waals surface area contributed by atoms with Crippen molar-refractivity contribution in [3.05, 3.63) is 0 Å². The molecule has 4 nitrogen and oxygen atoms in total. The molecule has 16 heavy (non-hydrogen) atoms. The highest BCUT2D eigenvalue weighted by molar-refractivity contribution is 5.81. The quantitative estimate of drug-likeness (QED) is 0.610. The van der Waals surface area contributed by atoms with Gasteiger partial charge in [-0.3, -0.25) is 9.69 Å². The summed E-state index contributed by atoms with van der Waals surface area (Å²) < 4.78 is 0. The van der Waals surface area contributed by atoms with Crippen LogP contribution in [0.5, 0.6) is 0 Å². The molecule has 0 heterocycles. The highest BCUT2D eigenvalue weighted by atomic mass is 16.2. The van der Waals surface area contributed by atoms with Crippen molar-refractivity contribution < 1.29 is 4.79 Å². The lowest BCUT2D eigenvalue weighted by Crippen LogP contribution is -2.49. The van der Waals surface area contributed by atoms with Gasteiger partial charge in [-0.05, 0) is 27.3 Å². The lowest BCUT2D eigenvalue weighted by Gasteiger charge is -2.29. The monoisotopic (exact) mass is 229 g/mol. The van der Waals surface area contributed by atoms with E-state index < -0.39 is 0 Å². The van der Waals surface area contributed by atoms with Gasteiger partial charge in [0, 0.05) is 19.1 Å². The van der Waals surface area contributed by atoms with E-state index in [0.717, 1.165) is 13.0 Å². The topological polar surface area (TPSA) is 58.4 Å². The van der Waals surface area contributed by atoms with Crippen LogP contribution in [0.2, 0.25) is 0 Å². The molecule has 2 unspecified atom stereocenters. The summed E-state index contributed by atoms with van der Waals surface area (Å²) in [5.41, 5.74) is 5.58. The maximum atomic E-state index is 11.8. The molecule has 0 aliphatic carbocycles. The standard InChI is InChI=1S/C12H27N3O/c1-5-6-7-8-14-12(16)11(3)15(4)10(2)9-13/h10-11H,5-9,13H2,1-4H3,(H,14,16). The Morgan fingerprint density at radius 3 is 2.50 bits per heavy atom. The van der Waals surface area contributed by atoms with E-state index >= 15 is 0 Å². The molecule has 3 N–H and O–H groups in total. The molecule has 1 amide bonds. The van der Waals surface area contributed by atoms with Gasteiger partial charge >= 0.3 is 0 Å². The number of nitrogens with one attached hydrogen (secondary N) is 1. The van der Waals surface area contributed by atoms with Crippen molar-refractivity contribution in [2.24, 2.45) is 5.73 Å². The third kappa shape index (κ3) is 5.47. The predicted octanol–water partition coefficient (Wildman–Crippen LogP) is 0.960. The van der Waals surface area contributed by atoms with Gasteiger partial charge in [0.1, 0.15) is 0 Å². The minimum Gasteiger partial charge on any atom is -0.355 e. The summed E-state index contributed by atoms with van der Waals surface area (Å²) in [6, 6.07) is 0.122. The summed E-state index contributed by atoms with van der Waals surface area (Å²) in [7, 11) is 1.94. The van der Waals surface area contributed by atoms with Gasteiger partial charge in [0.25, 0.3) is 0 Å². The summed E-state index contributed by atoms with van der Waals surface area (Å²) in [5, 5.41) is 2.96. The minimum absolute atomic E-state index is 0.0962. The second-order valence-corrected chi connectivity index (χ2v) is 4.42. The van der Waals surface area contributed by atoms with Crippen LogP contribution in [-0.2, 0) is 4.79 Å². The van der Waals surface area contributed by atoms with Crippen LogP contribution in [0.3, 0.4) is 0 Å². The first-order valence-electron chi connectivity index (χ1n) is 6.24. The molecule has 96 valence electrons. The molecule has 0 fully saturated rings. The average Bonchev–Trinajstić information content (AvgIpc) is 2.31. The van der Waals surface area contributed by atoms with Crippen LogP contribution in [0.25, 0.3) is 0 Å². The molecule has 0 saturated heterocycles. The smallest absolute Gasteiger partial charge is 0.237 e. The third-order valence-corrected chi connectivity index (χ3v) is 3.11. The fourth-order valence-electron chi connectivity index (χ4n) is 1.47. The Kier molecular flexibility index (Phi) is 8.21. The summed E-state index contributed by atoms with van der Waals surface area (Å²) >= 11 is 0. The summed E-state index contributed by atoms with van der Waals surface area (Å²) in [6.45, 7) is 7.45. The second kappa shape index (κ2) is 8.53. The number of hydrogen-bond donors (Lipinski definition) is 2. The Balaban J connectivity index is 3.88. The normalized spacial score (nSPS) is 14.9. The number of likely N-dealkylation sites (N-methyl/N-ethyl adjacent to an activating group) is 1. The van der Waals surface area contributed by atoms with Crippen LogP contribution in [-0.4, -0.2) is 43.0 Å². The first-order chi connectivity index (χ1) is 7.54. The molecule has 2 atom stereocenters. The maximum Gasteiger partial charge on any atom is 0.237 e. The van der Waals surface area contributed by atoms with Crippen molar-refractivity contribution >= 4 is 5.91 Å². The van der Waals surface area contributed by atoms with Gasteiger partial charge in [-0.15, -0.1) is 0 Å². The van der Waals surface area contributed by atoms with E-state index in [0.29, 0.717) is 6.54 Å². The van der Waals surface area contributed by atoms with Crippen LogP contribution < -0.4 is 11.1 Å². The van der Waals surface area contributed by atoms with Crippen LogP contribution in [0, 0.1) is 0 Å². The van der Waals surface area contributed by atoms with Crippen LogP contribution in [0.15, 0.2) is 0 Å². The Morgan fingerprint density at radius 1 is 1.38 bits per heavy atom. The van der Waals surface area contributed by atoms with Crippen molar-refractivity contribution in [2.75, 3.05) is 20.1 Å². The van der Waals surface area contributed by atoms with Crippen molar-refractivity contribution in [2.45, 2.75) is 52.1 Å². The van der Waals surface area contributed by atoms with Crippen molar-refractivity contribution in [3.63, 3.8) is 0 Å². The van der Waals surface area contributed by atoms with Gasteiger partial charge in [-0.2, -0.15) is 0 Å². The van der Waals surface area contributed by atoms with E-state index in [1.165, 1.54) is 12.8 Å². The van der Waals surface area contributed by atoms with Crippen LogP contribution in [0.4, 0.5) is 0 Å². The summed E-state index contributed by atoms with van der Waals surface area (Å²) in [6.07, 6.45) is 3.41. The SMILES string of the molecule is CCCCCNC(=O)C(C)N(C)C(C)CN. The zero-order chi connectivity index (χ0) is 12.6. The molecule has 4 heteroatoms. The zero-order valence-electron chi connectivity index (χ0n) is 11.1. The van der Waals surface area contributed by atoms with Gasteiger partial charge < -0.3 is 11.1 Å². The lowest BCUT2D eigenvalue weighted by atomic mass is 10.2. The fraction of sp³-hybridized carbons (Fsp3) is 0.917. The fourth-order valence-corrected chi connectivity index (χ4v) is 1.47. The lowest BCUT2D eigenvalue weighted by molar-refractivity contribution is -0.126. The first kappa shape index (κ1) is 15.4. The van der Waals surface area contributed by atoms with E-state index in [-0.39, 0.29) is 18.0 Å². The first-order valence-corrected chi connectivity index (χ1v) is 6.24. The highest BCUT2D eigenvalue weighted by Crippen LogP contribution is 2.01. The molecule has 0 spiro atoms. The average molecular weight is 229 g/mol. The highest BCUT2D eigenvalue weighted by Gasteiger charge is 2.20. The van der Waals surface area contributed by atoms with Gasteiger partial charge in [-0.25, -0.2) is 0 Å². The summed E-state index contributed by atoms with van der Waals surface area (Å²) in [4.78, 5) is 13.8. The molecule has 0 aromatic heterocycles. The van der Waals surface area contributed by atoms with Crippen LogP contribution >= 0.6 is 0 Å². The van der Waals surface area contributed by atoms with Crippen LogP contribution in [0.1, 0.15) is 40.0 Å². The number of carbonyl (C=O) groups excluding carboxylic acids is 1. The molecule has 0 aliphatic rings. The Morgan fingerprint density at radius 2 is 2.00 bits per heavy atom. The number of amides is 1. The van der Waals surface area contributed by atoms with Crippen molar-refractivity contribution in [3.8, 4) is 0 Å². The maximum absolute atomic E-state index is 11.8. The molecule has 0 aliphatic heterocycles. The molecular weight excluding hydrogens is 202 g/mol. The number of hydrogen-bond acceptors (Lipinski definition) is 3. The van der Waals surface area contributed by atoms with Gasteiger partial charge in [0.05, 0.1) is 6.04 Å². The molecule has 0 aromatic rings. The van der Waals surface area contributed by atoms with E-state index in [4.69, 9.17) is 5.73 Å². The number of unbranched alkanes of at least 4 members (excludes halogenated alkanes) is 2. The molecule has 0 rings (SSSR count). The van der Waals surface area contributed by atoms with Crippen molar-refractivity contribution in [1.29, 1.82) is 0 Å². The van der Waals surface area contributed by atoms with Gasteiger partial charge in [0.15, 0.2) is 0 Å². The van der Waals surface area contributed by atoms with Gasteiger partial charge in [-0.1, -0.05) is 19.8 Å². The Bertz CT molecular complexity index is 197. The third-order valence-electron chi connectivity index (χ3n) is 3.11. The van der Waals surface area contributed by atoms with E-state index in [1.807, 2.05) is 25.8 Å². The number of nitrogens with zero attached hydrogens (tertiary/aromatic N) is 1. The molecular formula is C12H27N3O. The van der Waals surface area contributed by atoms with E-state index in [2.05, 4.69) is 12.2 Å². The molecule has 0 bridgehead atoms. The number of rotatable bonds is 8. The molecule has 0 radical (unpaired) electrons. The summed E-state index contributed by atoms with van der Waals surface area (Å²) in [5.74, 6) is 0.0962. The van der Waals surface area contributed by atoms with E-state index in [9.17, 15) is 4.79 Å². The van der Waals surface area contributed by atoms with Gasteiger partial charge in [0.2, 0.25) is 5.91 Å².